The van der Waals surface area contributed by atoms with Gasteiger partial charge in [-0.25, -0.2) is 9.78 Å². The molecule has 0 bridgehead atoms. The second-order valence-electron chi connectivity index (χ2n) is 16.1. The molecule has 0 spiro atoms. The van der Waals surface area contributed by atoms with Crippen LogP contribution in [0.4, 0.5) is 23.1 Å². The van der Waals surface area contributed by atoms with Crippen LogP contribution in [-0.2, 0) is 26.3 Å². The van der Waals surface area contributed by atoms with Crippen molar-refractivity contribution in [2.45, 2.75) is 57.2 Å². The largest absolute Gasteiger partial charge is 0.451 e. The van der Waals surface area contributed by atoms with Crippen LogP contribution in [-0.4, -0.2) is 110 Å². The van der Waals surface area contributed by atoms with E-state index in [4.69, 9.17) is 14.1 Å². The maximum absolute atomic E-state index is 13.7. The Hall–Kier alpha value is -7.05. The normalized spacial score (nSPS) is 19.0. The number of aliphatic hydroxyl groups excluding tert-OH is 1. The number of nitrogens with zero attached hydrogens (tertiary/aromatic N) is 7. The first kappa shape index (κ1) is 40.4. The van der Waals surface area contributed by atoms with E-state index < -0.39 is 41.3 Å². The summed E-state index contributed by atoms with van der Waals surface area (Å²) < 4.78 is 11.7. The highest BCUT2D eigenvalue weighted by molar-refractivity contribution is 6.25. The van der Waals surface area contributed by atoms with Crippen molar-refractivity contribution in [1.82, 2.24) is 35.3 Å². The molecule has 0 radical (unpaired) electrons. The molecule has 0 saturated carbocycles. The zero-order valence-electron chi connectivity index (χ0n) is 34.1. The molecule has 1 unspecified atom stereocenters. The minimum Gasteiger partial charge on any atom is -0.451 e. The number of nitrogens with one attached hydrogen (secondary N) is 3. The van der Waals surface area contributed by atoms with Gasteiger partial charge in [-0.1, -0.05) is 36.4 Å². The van der Waals surface area contributed by atoms with Crippen LogP contribution in [0.5, 0.6) is 0 Å². The number of carbonyl (C=O) groups is 5. The van der Waals surface area contributed by atoms with E-state index in [1.807, 2.05) is 56.3 Å². The average molecular weight is 841 g/mol. The van der Waals surface area contributed by atoms with Gasteiger partial charge >= 0.3 is 5.97 Å². The molecule has 2 atom stereocenters. The van der Waals surface area contributed by atoms with E-state index in [1.54, 1.807) is 30.5 Å². The molecule has 18 heteroatoms. The molecule has 9 rings (SSSR count). The summed E-state index contributed by atoms with van der Waals surface area (Å²) in [5, 5.41) is 27.9. The van der Waals surface area contributed by atoms with E-state index >= 15 is 0 Å². The van der Waals surface area contributed by atoms with Gasteiger partial charge in [-0.3, -0.25) is 34.3 Å². The lowest BCUT2D eigenvalue weighted by atomic mass is 9.95. The summed E-state index contributed by atoms with van der Waals surface area (Å²) in [4.78, 5) is 78.4. The van der Waals surface area contributed by atoms with Gasteiger partial charge in [-0.2, -0.15) is 4.98 Å². The number of piperidine rings is 1. The molecule has 4 aliphatic rings. The number of anilines is 4. The summed E-state index contributed by atoms with van der Waals surface area (Å²) in [6.07, 6.45) is 2.99. The van der Waals surface area contributed by atoms with E-state index in [1.165, 1.54) is 0 Å². The van der Waals surface area contributed by atoms with Crippen LogP contribution in [0, 0.1) is 0 Å². The number of cyclic esters (lactones) is 1. The quantitative estimate of drug-likeness (QED) is 0.0972. The number of rotatable bonds is 13. The van der Waals surface area contributed by atoms with Crippen LogP contribution >= 0.6 is 0 Å². The number of imide groups is 2. The second kappa shape index (κ2) is 16.4. The van der Waals surface area contributed by atoms with Crippen molar-refractivity contribution in [3.05, 3.63) is 107 Å². The smallest absolute Gasteiger partial charge is 0.339 e. The summed E-state index contributed by atoms with van der Waals surface area (Å²) in [6.45, 7) is 6.88. The summed E-state index contributed by atoms with van der Waals surface area (Å²) >= 11 is 0. The number of ether oxygens (including phenoxy) is 1. The Morgan fingerprint density at radius 1 is 0.919 bits per heavy atom. The fourth-order valence-electron chi connectivity index (χ4n) is 8.45. The molecule has 5 aromatic rings. The van der Waals surface area contributed by atoms with Gasteiger partial charge in [0, 0.05) is 56.5 Å². The summed E-state index contributed by atoms with van der Waals surface area (Å²) in [7, 11) is 0. The average Bonchev–Trinajstić information content (AvgIpc) is 3.91. The Kier molecular flexibility index (Phi) is 10.7. The second-order valence-corrected chi connectivity index (χ2v) is 16.1. The number of aliphatic hydroxyl groups is 1. The zero-order chi connectivity index (χ0) is 43.1. The molecule has 4 N–H and O–H groups in total. The molecule has 2 aromatic heterocycles. The van der Waals surface area contributed by atoms with Crippen molar-refractivity contribution >= 4 is 52.7 Å². The number of aromatic nitrogens is 4. The molecule has 318 valence electrons. The van der Waals surface area contributed by atoms with Crippen molar-refractivity contribution in [3.8, 4) is 11.5 Å². The topological polar surface area (TPSA) is 225 Å². The highest BCUT2D eigenvalue weighted by Crippen LogP contribution is 2.38. The van der Waals surface area contributed by atoms with Crippen LogP contribution in [0.15, 0.2) is 77.3 Å². The Balaban J connectivity index is 0.849. The monoisotopic (exact) mass is 840 g/mol. The third kappa shape index (κ3) is 7.73. The van der Waals surface area contributed by atoms with Gasteiger partial charge in [0.05, 0.1) is 40.6 Å². The molecule has 2 fully saturated rings. The molecule has 4 aliphatic heterocycles. The van der Waals surface area contributed by atoms with E-state index in [2.05, 4.69) is 40.9 Å². The van der Waals surface area contributed by atoms with Crippen molar-refractivity contribution in [2.24, 2.45) is 0 Å². The van der Waals surface area contributed by atoms with Gasteiger partial charge in [0.2, 0.25) is 23.7 Å². The lowest BCUT2D eigenvalue weighted by Gasteiger charge is -2.36. The minimum absolute atomic E-state index is 0.0614. The Morgan fingerprint density at radius 2 is 1.73 bits per heavy atom. The van der Waals surface area contributed by atoms with Crippen LogP contribution < -0.4 is 20.9 Å². The molecular formula is C44H44N10O8. The number of esters is 1. The first-order valence-electron chi connectivity index (χ1n) is 20.6. The van der Waals surface area contributed by atoms with E-state index in [0.29, 0.717) is 72.4 Å². The van der Waals surface area contributed by atoms with Crippen LogP contribution in [0.3, 0.4) is 0 Å². The standard InChI is InChI=1S/C44H44N10O8/c1-44(2)30-22-26(13-14-27(30)42(60)62-44)46-43-45-23-29(37(49-43)47-31(24-55)25-8-4-3-5-9-25)39-51-50-35(61-39)12-7-17-52-18-20-53(21-19-52)32-11-6-10-28-36(32)41(59)54(40(28)58)33-15-16-34(56)48-38(33)57/h3-6,8-11,13-14,22-23,31,33,55H,7,12,15-21,24H2,1-2H3,(H,48,56,57)(H2,45,46,47,49)/t31-,33?/m1/s1. The highest BCUT2D eigenvalue weighted by atomic mass is 16.6. The van der Waals surface area contributed by atoms with Gasteiger partial charge in [-0.05, 0) is 69.1 Å². The van der Waals surface area contributed by atoms with Gasteiger partial charge in [0.25, 0.3) is 17.7 Å². The van der Waals surface area contributed by atoms with Crippen molar-refractivity contribution in [3.63, 3.8) is 0 Å². The lowest BCUT2D eigenvalue weighted by Crippen LogP contribution is -2.54. The number of piperazine rings is 1. The van der Waals surface area contributed by atoms with Gasteiger partial charge in [0.15, 0.2) is 0 Å². The van der Waals surface area contributed by atoms with Gasteiger partial charge in [-0.15, -0.1) is 10.2 Å². The molecule has 2 saturated heterocycles. The minimum atomic E-state index is -1.02. The van der Waals surface area contributed by atoms with Crippen molar-refractivity contribution < 1.29 is 38.2 Å². The number of hydrogen-bond acceptors (Lipinski definition) is 16. The highest BCUT2D eigenvalue weighted by Gasteiger charge is 2.46. The number of amides is 4. The summed E-state index contributed by atoms with van der Waals surface area (Å²) in [5.74, 6) is -1.19. The number of benzene rings is 3. The van der Waals surface area contributed by atoms with Crippen LogP contribution in [0.1, 0.15) is 87.2 Å². The lowest BCUT2D eigenvalue weighted by molar-refractivity contribution is -0.136. The summed E-state index contributed by atoms with van der Waals surface area (Å²) in [6, 6.07) is 18.5. The maximum Gasteiger partial charge on any atom is 0.339 e. The molecule has 6 heterocycles. The third-order valence-electron chi connectivity index (χ3n) is 11.7. The van der Waals surface area contributed by atoms with Crippen molar-refractivity contribution in [1.29, 1.82) is 0 Å². The Bertz CT molecular complexity index is 2590. The molecule has 0 aliphatic carbocycles. The molecule has 62 heavy (non-hydrogen) atoms. The third-order valence-corrected chi connectivity index (χ3v) is 11.7. The number of fused-ring (bicyclic) bond motifs is 2. The fourth-order valence-corrected chi connectivity index (χ4v) is 8.45. The first-order valence-corrected chi connectivity index (χ1v) is 20.6. The van der Waals surface area contributed by atoms with Crippen molar-refractivity contribution in [2.75, 3.05) is 54.9 Å². The Labute approximate surface area is 355 Å². The maximum atomic E-state index is 13.7. The molecular weight excluding hydrogens is 797 g/mol. The predicted molar refractivity (Wildman–Crippen MR) is 223 cm³/mol. The summed E-state index contributed by atoms with van der Waals surface area (Å²) in [5.41, 5.74) is 3.64. The number of hydrogen-bond donors (Lipinski definition) is 4. The van der Waals surface area contributed by atoms with Crippen LogP contribution in [0.25, 0.3) is 11.5 Å². The molecule has 18 nitrogen and oxygen atoms in total. The van der Waals surface area contributed by atoms with E-state index in [0.717, 1.165) is 29.0 Å². The van der Waals surface area contributed by atoms with E-state index in [9.17, 15) is 29.1 Å². The van der Waals surface area contributed by atoms with Gasteiger partial charge in [0.1, 0.15) is 17.5 Å². The van der Waals surface area contributed by atoms with Crippen LogP contribution in [0.2, 0.25) is 0 Å². The zero-order valence-corrected chi connectivity index (χ0v) is 34.1. The number of aryl methyl sites for hydroxylation is 1. The molecule has 4 amide bonds. The number of carbonyl (C=O) groups excluding carboxylic acids is 5. The first-order chi connectivity index (χ1) is 30.0. The van der Waals surface area contributed by atoms with Gasteiger partial charge < -0.3 is 29.8 Å². The molecule has 3 aromatic carbocycles. The SMILES string of the molecule is CC1(C)OC(=O)c2ccc(Nc3ncc(-c4nnc(CCCN5CCN(c6cccc7c6C(=O)N(C6CCC(=O)NC6=O)C7=O)CC5)o4)c(N[C@H](CO)c4ccccc4)n3)cc21. The fraction of sp³-hybridized carbons (Fsp3) is 0.341. The predicted octanol–water partition coefficient (Wildman–Crippen LogP) is 3.98. The van der Waals surface area contributed by atoms with E-state index in [-0.39, 0.29) is 42.8 Å². The Morgan fingerprint density at radius 3 is 2.50 bits per heavy atom.